The molecule has 0 atom stereocenters. The molecule has 1 amide bonds. The Morgan fingerprint density at radius 1 is 1.05 bits per heavy atom. The zero-order chi connectivity index (χ0) is 25.7. The van der Waals surface area contributed by atoms with E-state index >= 15 is 0 Å². The van der Waals surface area contributed by atoms with E-state index in [1.54, 1.807) is 41.3 Å². The molecule has 0 unspecified atom stereocenters. The molecule has 0 saturated heterocycles. The number of aliphatic hydroxyl groups is 1. The normalized spacial score (nSPS) is 15.0. The van der Waals surface area contributed by atoms with E-state index in [-0.39, 0.29) is 18.1 Å². The Morgan fingerprint density at radius 2 is 1.89 bits per heavy atom. The van der Waals surface area contributed by atoms with Gasteiger partial charge < -0.3 is 14.2 Å². The van der Waals surface area contributed by atoms with Gasteiger partial charge >= 0.3 is 0 Å². The molecule has 10 nitrogen and oxygen atoms in total. The largest absolute Gasteiger partial charge is 0.392 e. The van der Waals surface area contributed by atoms with Crippen LogP contribution in [0.15, 0.2) is 47.5 Å². The van der Waals surface area contributed by atoms with E-state index in [2.05, 4.69) is 20.1 Å². The van der Waals surface area contributed by atoms with Crippen LogP contribution >= 0.6 is 0 Å². The first-order valence-electron chi connectivity index (χ1n) is 12.6. The monoisotopic (exact) mass is 499 g/mol. The fourth-order valence-corrected chi connectivity index (χ4v) is 5.58. The highest BCUT2D eigenvalue weighted by molar-refractivity contribution is 6.06. The smallest absolute Gasteiger partial charge is 0.276 e. The summed E-state index contributed by atoms with van der Waals surface area (Å²) in [5, 5.41) is 14.8. The molecule has 190 valence electrons. The lowest BCUT2D eigenvalue weighted by molar-refractivity contribution is 0.0963. The van der Waals surface area contributed by atoms with Gasteiger partial charge in [-0.2, -0.15) is 9.89 Å². The molecule has 0 saturated carbocycles. The van der Waals surface area contributed by atoms with Crippen LogP contribution in [0, 0.1) is 6.92 Å². The van der Waals surface area contributed by atoms with Gasteiger partial charge in [0.15, 0.2) is 0 Å². The Bertz CT molecular complexity index is 1580. The second kappa shape index (κ2) is 9.04. The highest BCUT2D eigenvalue weighted by Crippen LogP contribution is 2.36. The molecule has 37 heavy (non-hydrogen) atoms. The van der Waals surface area contributed by atoms with Crippen molar-refractivity contribution in [3.8, 4) is 11.3 Å². The van der Waals surface area contributed by atoms with Crippen molar-refractivity contribution in [3.05, 3.63) is 81.3 Å². The van der Waals surface area contributed by atoms with E-state index in [0.29, 0.717) is 47.1 Å². The van der Waals surface area contributed by atoms with Crippen LogP contribution in [0.2, 0.25) is 0 Å². The highest BCUT2D eigenvalue weighted by atomic mass is 16.3. The van der Waals surface area contributed by atoms with Crippen LogP contribution in [0.3, 0.4) is 0 Å². The number of rotatable bonds is 5. The fraction of sp³-hybridized carbons (Fsp3) is 0.333. The number of carbonyl (C=O) groups is 1. The quantitative estimate of drug-likeness (QED) is 0.437. The summed E-state index contributed by atoms with van der Waals surface area (Å²) in [6.07, 6.45) is 7.62. The number of nitrogens with zero attached hydrogens (tertiary/aromatic N) is 6. The summed E-state index contributed by atoms with van der Waals surface area (Å²) in [5.41, 5.74) is 9.47. The topological polar surface area (TPSA) is 110 Å². The number of pyridine rings is 2. The van der Waals surface area contributed by atoms with Crippen molar-refractivity contribution in [3.63, 3.8) is 0 Å². The Balaban J connectivity index is 1.45. The number of fused-ring (bicyclic) bond motifs is 3. The zero-order valence-corrected chi connectivity index (χ0v) is 20.9. The Morgan fingerprint density at radius 3 is 2.68 bits per heavy atom. The zero-order valence-electron chi connectivity index (χ0n) is 20.9. The molecule has 1 aliphatic carbocycles. The van der Waals surface area contributed by atoms with Gasteiger partial charge in [0.25, 0.3) is 11.5 Å². The summed E-state index contributed by atoms with van der Waals surface area (Å²) >= 11 is 0. The molecule has 0 bridgehead atoms. The first-order valence-corrected chi connectivity index (χ1v) is 12.6. The van der Waals surface area contributed by atoms with Crippen LogP contribution in [0.25, 0.3) is 11.3 Å². The summed E-state index contributed by atoms with van der Waals surface area (Å²) in [6.45, 7) is 2.72. The third-order valence-corrected chi connectivity index (χ3v) is 7.49. The van der Waals surface area contributed by atoms with Crippen molar-refractivity contribution < 1.29 is 9.90 Å². The fourth-order valence-electron chi connectivity index (χ4n) is 5.58. The van der Waals surface area contributed by atoms with Gasteiger partial charge in [0, 0.05) is 49.2 Å². The predicted octanol–water partition coefficient (Wildman–Crippen LogP) is 2.66. The van der Waals surface area contributed by atoms with Gasteiger partial charge in [0.2, 0.25) is 0 Å². The molecule has 2 aliphatic rings. The SMILES string of the molecule is Cc1ccnn1Nc1ccc(=O)n(C)c1-c1ccnc(N2CCn3c(cc4c3CCCC4)C2=O)c1CO. The molecule has 0 aromatic carbocycles. The first kappa shape index (κ1) is 23.2. The second-order valence-corrected chi connectivity index (χ2v) is 9.62. The summed E-state index contributed by atoms with van der Waals surface area (Å²) in [6, 6.07) is 8.84. The number of anilines is 2. The lowest BCUT2D eigenvalue weighted by Gasteiger charge is -2.31. The van der Waals surface area contributed by atoms with Crippen molar-refractivity contribution >= 4 is 17.4 Å². The van der Waals surface area contributed by atoms with Gasteiger partial charge in [0.05, 0.1) is 29.9 Å². The summed E-state index contributed by atoms with van der Waals surface area (Å²) < 4.78 is 3.68. The summed E-state index contributed by atoms with van der Waals surface area (Å²) in [7, 11) is 1.68. The summed E-state index contributed by atoms with van der Waals surface area (Å²) in [5.74, 6) is 0.292. The maximum atomic E-state index is 13.7. The molecule has 0 spiro atoms. The van der Waals surface area contributed by atoms with E-state index in [9.17, 15) is 14.7 Å². The molecule has 1 aliphatic heterocycles. The summed E-state index contributed by atoms with van der Waals surface area (Å²) in [4.78, 5) is 34.2. The van der Waals surface area contributed by atoms with Crippen molar-refractivity contribution in [1.29, 1.82) is 0 Å². The van der Waals surface area contributed by atoms with Gasteiger partial charge in [-0.05, 0) is 62.4 Å². The van der Waals surface area contributed by atoms with Crippen LogP contribution in [-0.2, 0) is 33.0 Å². The third-order valence-electron chi connectivity index (χ3n) is 7.49. The lowest BCUT2D eigenvalue weighted by atomic mass is 9.98. The maximum absolute atomic E-state index is 13.7. The van der Waals surface area contributed by atoms with Crippen molar-refractivity contribution in [2.24, 2.45) is 7.05 Å². The van der Waals surface area contributed by atoms with Gasteiger partial charge in [-0.15, -0.1) is 0 Å². The number of hydrogen-bond acceptors (Lipinski definition) is 6. The average molecular weight is 500 g/mol. The highest BCUT2D eigenvalue weighted by Gasteiger charge is 2.32. The Hall–Kier alpha value is -4.18. The van der Waals surface area contributed by atoms with Gasteiger partial charge in [0.1, 0.15) is 11.5 Å². The van der Waals surface area contributed by atoms with Gasteiger partial charge in [-0.3, -0.25) is 19.9 Å². The number of carbonyl (C=O) groups excluding carboxylic acids is 1. The molecule has 0 radical (unpaired) electrons. The number of aliphatic hydroxyl groups excluding tert-OH is 1. The van der Waals surface area contributed by atoms with Crippen LogP contribution < -0.4 is 15.9 Å². The van der Waals surface area contributed by atoms with Gasteiger partial charge in [-0.25, -0.2) is 4.98 Å². The molecule has 5 heterocycles. The van der Waals surface area contributed by atoms with Crippen LogP contribution in [0.5, 0.6) is 0 Å². The third kappa shape index (κ3) is 3.75. The average Bonchev–Trinajstić information content (AvgIpc) is 3.50. The van der Waals surface area contributed by atoms with Gasteiger partial charge in [-0.1, -0.05) is 0 Å². The molecular weight excluding hydrogens is 470 g/mol. The van der Waals surface area contributed by atoms with Crippen LogP contribution in [-0.4, -0.2) is 41.6 Å². The van der Waals surface area contributed by atoms with Crippen LogP contribution in [0.4, 0.5) is 11.5 Å². The molecule has 10 heteroatoms. The minimum absolute atomic E-state index is 0.118. The van der Waals surface area contributed by atoms with E-state index in [4.69, 9.17) is 0 Å². The molecule has 4 aromatic heterocycles. The second-order valence-electron chi connectivity index (χ2n) is 9.62. The number of hydrogen-bond donors (Lipinski definition) is 2. The number of nitrogens with one attached hydrogen (secondary N) is 1. The lowest BCUT2D eigenvalue weighted by Crippen LogP contribution is -2.41. The Labute approximate surface area is 213 Å². The predicted molar refractivity (Wildman–Crippen MR) is 140 cm³/mol. The Kier molecular flexibility index (Phi) is 5.68. The number of amides is 1. The van der Waals surface area contributed by atoms with E-state index in [0.717, 1.165) is 31.4 Å². The van der Waals surface area contributed by atoms with Crippen molar-refractivity contribution in [1.82, 2.24) is 24.0 Å². The maximum Gasteiger partial charge on any atom is 0.276 e. The minimum atomic E-state index is -0.344. The molecule has 0 fully saturated rings. The van der Waals surface area contributed by atoms with Crippen LogP contribution in [0.1, 0.15) is 45.8 Å². The minimum Gasteiger partial charge on any atom is -0.392 e. The molecular formula is C27H29N7O3. The van der Waals surface area contributed by atoms with E-state index in [1.807, 2.05) is 19.1 Å². The van der Waals surface area contributed by atoms with E-state index < -0.39 is 0 Å². The number of aryl methyl sites for hydroxylation is 2. The van der Waals surface area contributed by atoms with Crippen molar-refractivity contribution in [2.45, 2.75) is 45.8 Å². The standard InChI is InChI=1S/C27H29N7O3/c1-17-9-12-29-34(17)30-21-7-8-24(36)31(2)25(21)19-10-11-28-26(20(19)16-35)33-14-13-32-22-6-4-3-5-18(22)15-23(32)27(33)37/h7-12,15,30,35H,3-6,13-14,16H2,1-2H3. The molecule has 4 aromatic rings. The van der Waals surface area contributed by atoms with E-state index in [1.165, 1.54) is 21.9 Å². The van der Waals surface area contributed by atoms with Crippen molar-refractivity contribution in [2.75, 3.05) is 16.9 Å². The first-order chi connectivity index (χ1) is 18.0. The number of aromatic nitrogens is 5. The molecule has 2 N–H and O–H groups in total. The molecule has 6 rings (SSSR count).